The third-order valence-electron chi connectivity index (χ3n) is 5.16. The second-order valence-corrected chi connectivity index (χ2v) is 6.94. The lowest BCUT2D eigenvalue weighted by atomic mass is 9.97. The van der Waals surface area contributed by atoms with Crippen LogP contribution in [0.15, 0.2) is 78.9 Å². The van der Waals surface area contributed by atoms with Crippen molar-refractivity contribution >= 4 is 17.1 Å². The fraction of sp³-hybridized carbons (Fsp3) is 0.160. The summed E-state index contributed by atoms with van der Waals surface area (Å²) >= 11 is 0. The summed E-state index contributed by atoms with van der Waals surface area (Å²) in [5.41, 5.74) is 4.86. The van der Waals surface area contributed by atoms with Gasteiger partial charge in [-0.15, -0.1) is 0 Å². The van der Waals surface area contributed by atoms with E-state index < -0.39 is 0 Å². The van der Waals surface area contributed by atoms with Crippen LogP contribution in [0.25, 0.3) is 11.1 Å². The first-order valence-corrected chi connectivity index (χ1v) is 9.55. The first-order valence-electron chi connectivity index (χ1n) is 9.55. The number of methoxy groups -OCH3 is 2. The van der Waals surface area contributed by atoms with Crippen LogP contribution in [0.3, 0.4) is 0 Å². The number of hydrogen-bond acceptors (Lipinski definition) is 3. The van der Waals surface area contributed by atoms with Gasteiger partial charge in [-0.1, -0.05) is 66.7 Å². The van der Waals surface area contributed by atoms with Crippen LogP contribution in [0.2, 0.25) is 0 Å². The molecule has 4 rings (SSSR count). The van der Waals surface area contributed by atoms with Gasteiger partial charge in [-0.25, -0.2) is 0 Å². The van der Waals surface area contributed by atoms with E-state index in [1.807, 2.05) is 71.6 Å². The molecule has 0 bridgehead atoms. The van der Waals surface area contributed by atoms with Crippen LogP contribution in [0.5, 0.6) is 11.5 Å². The van der Waals surface area contributed by atoms with Crippen molar-refractivity contribution in [3.8, 4) is 11.5 Å². The summed E-state index contributed by atoms with van der Waals surface area (Å²) in [5.74, 6) is 1.39. The second kappa shape index (κ2) is 8.23. The van der Waals surface area contributed by atoms with E-state index in [0.29, 0.717) is 24.6 Å². The Morgan fingerprint density at radius 2 is 1.41 bits per heavy atom. The molecule has 0 aliphatic carbocycles. The molecule has 1 amide bonds. The topological polar surface area (TPSA) is 38.8 Å². The summed E-state index contributed by atoms with van der Waals surface area (Å²) in [6.07, 6.45) is 0. The molecular weight excluding hydrogens is 362 g/mol. The predicted molar refractivity (Wildman–Crippen MR) is 115 cm³/mol. The first-order chi connectivity index (χ1) is 14.2. The lowest BCUT2D eigenvalue weighted by Gasteiger charge is -2.18. The molecule has 1 aliphatic rings. The van der Waals surface area contributed by atoms with Crippen molar-refractivity contribution in [2.24, 2.45) is 0 Å². The summed E-state index contributed by atoms with van der Waals surface area (Å²) < 4.78 is 10.7. The maximum absolute atomic E-state index is 13.4. The molecule has 4 heteroatoms. The first kappa shape index (κ1) is 18.8. The van der Waals surface area contributed by atoms with Gasteiger partial charge in [0, 0.05) is 13.1 Å². The monoisotopic (exact) mass is 385 g/mol. The molecule has 1 aliphatic heterocycles. The summed E-state index contributed by atoms with van der Waals surface area (Å²) in [6.45, 7) is 1.08. The minimum atomic E-state index is 0.0461. The average molecular weight is 385 g/mol. The highest BCUT2D eigenvalue weighted by Gasteiger charge is 2.31. The molecule has 0 fully saturated rings. The van der Waals surface area contributed by atoms with Crippen LogP contribution in [0.1, 0.15) is 16.7 Å². The molecule has 0 aromatic heterocycles. The minimum absolute atomic E-state index is 0.0461. The zero-order valence-corrected chi connectivity index (χ0v) is 16.6. The molecule has 0 spiro atoms. The Morgan fingerprint density at radius 1 is 0.793 bits per heavy atom. The Morgan fingerprint density at radius 3 is 2.03 bits per heavy atom. The van der Waals surface area contributed by atoms with Crippen molar-refractivity contribution < 1.29 is 14.3 Å². The van der Waals surface area contributed by atoms with Gasteiger partial charge >= 0.3 is 0 Å². The van der Waals surface area contributed by atoms with Gasteiger partial charge in [-0.05, 0) is 34.4 Å². The van der Waals surface area contributed by atoms with Crippen molar-refractivity contribution in [3.63, 3.8) is 0 Å². The number of carbonyl (C=O) groups is 1. The van der Waals surface area contributed by atoms with Crippen LogP contribution in [0, 0.1) is 0 Å². The molecule has 3 aromatic carbocycles. The lowest BCUT2D eigenvalue weighted by molar-refractivity contribution is -0.124. The zero-order valence-electron chi connectivity index (χ0n) is 16.6. The van der Waals surface area contributed by atoms with Crippen LogP contribution >= 0.6 is 0 Å². The Hall–Kier alpha value is -3.53. The highest BCUT2D eigenvalue weighted by Crippen LogP contribution is 2.36. The highest BCUT2D eigenvalue weighted by atomic mass is 16.5. The van der Waals surface area contributed by atoms with E-state index in [2.05, 4.69) is 12.1 Å². The molecule has 0 saturated carbocycles. The molecule has 0 saturated heterocycles. The van der Waals surface area contributed by atoms with E-state index in [1.54, 1.807) is 14.2 Å². The molecule has 29 heavy (non-hydrogen) atoms. The summed E-state index contributed by atoms with van der Waals surface area (Å²) in [7, 11) is 3.23. The van der Waals surface area contributed by atoms with Gasteiger partial charge in [-0.3, -0.25) is 4.79 Å². The number of carbonyl (C=O) groups excluding carboxylic acids is 1. The maximum atomic E-state index is 13.4. The van der Waals surface area contributed by atoms with Gasteiger partial charge < -0.3 is 14.4 Å². The SMILES string of the molecule is COc1ccc(CN2CC(c3ccccc3)=C(c3ccccc3)C2=O)cc1OC. The summed E-state index contributed by atoms with van der Waals surface area (Å²) in [4.78, 5) is 15.3. The zero-order chi connectivity index (χ0) is 20.2. The molecular formula is C25H23NO3. The predicted octanol–water partition coefficient (Wildman–Crippen LogP) is 4.66. The van der Waals surface area contributed by atoms with Crippen molar-refractivity contribution in [3.05, 3.63) is 95.6 Å². The van der Waals surface area contributed by atoms with Crippen LogP contribution in [-0.4, -0.2) is 31.6 Å². The smallest absolute Gasteiger partial charge is 0.255 e. The quantitative estimate of drug-likeness (QED) is 0.620. The maximum Gasteiger partial charge on any atom is 0.255 e. The number of rotatable bonds is 6. The van der Waals surface area contributed by atoms with Crippen molar-refractivity contribution in [1.29, 1.82) is 0 Å². The highest BCUT2D eigenvalue weighted by molar-refractivity contribution is 6.30. The van der Waals surface area contributed by atoms with E-state index >= 15 is 0 Å². The van der Waals surface area contributed by atoms with Gasteiger partial charge in [0.2, 0.25) is 0 Å². The standard InChI is InChI=1S/C25H23NO3/c1-28-22-14-13-18(15-23(22)29-2)16-26-17-21(19-9-5-3-6-10-19)24(25(26)27)20-11-7-4-8-12-20/h3-15H,16-17H2,1-2H3. The van der Waals surface area contributed by atoms with Crippen molar-refractivity contribution in [1.82, 2.24) is 4.90 Å². The number of nitrogens with zero attached hydrogens (tertiary/aromatic N) is 1. The average Bonchev–Trinajstić information content (AvgIpc) is 3.10. The molecule has 3 aromatic rings. The number of amides is 1. The van der Waals surface area contributed by atoms with E-state index in [9.17, 15) is 4.79 Å². The van der Waals surface area contributed by atoms with Crippen LogP contribution < -0.4 is 9.47 Å². The van der Waals surface area contributed by atoms with Gasteiger partial charge in [-0.2, -0.15) is 0 Å². The molecule has 146 valence electrons. The minimum Gasteiger partial charge on any atom is -0.493 e. The van der Waals surface area contributed by atoms with Gasteiger partial charge in [0.15, 0.2) is 11.5 Å². The van der Waals surface area contributed by atoms with E-state index in [4.69, 9.17) is 9.47 Å². The van der Waals surface area contributed by atoms with Crippen LogP contribution in [-0.2, 0) is 11.3 Å². The molecule has 0 N–H and O–H groups in total. The second-order valence-electron chi connectivity index (χ2n) is 6.94. The summed E-state index contributed by atoms with van der Waals surface area (Å²) in [6, 6.07) is 25.8. The van der Waals surface area contributed by atoms with Crippen LogP contribution in [0.4, 0.5) is 0 Å². The molecule has 0 radical (unpaired) electrons. The van der Waals surface area contributed by atoms with Gasteiger partial charge in [0.25, 0.3) is 5.91 Å². The Bertz CT molecular complexity index is 1040. The Balaban J connectivity index is 1.68. The Kier molecular flexibility index (Phi) is 5.34. The van der Waals surface area contributed by atoms with E-state index in [-0.39, 0.29) is 5.91 Å². The summed E-state index contributed by atoms with van der Waals surface area (Å²) in [5, 5.41) is 0. The normalized spacial score (nSPS) is 13.7. The van der Waals surface area contributed by atoms with Gasteiger partial charge in [0.05, 0.1) is 19.8 Å². The molecule has 0 atom stereocenters. The van der Waals surface area contributed by atoms with Crippen molar-refractivity contribution in [2.75, 3.05) is 20.8 Å². The fourth-order valence-electron chi connectivity index (χ4n) is 3.73. The fourth-order valence-corrected chi connectivity index (χ4v) is 3.73. The third-order valence-corrected chi connectivity index (χ3v) is 5.16. The molecule has 4 nitrogen and oxygen atoms in total. The largest absolute Gasteiger partial charge is 0.493 e. The van der Waals surface area contributed by atoms with Gasteiger partial charge in [0.1, 0.15) is 0 Å². The van der Waals surface area contributed by atoms with E-state index in [0.717, 1.165) is 27.8 Å². The third kappa shape index (κ3) is 3.74. The molecule has 1 heterocycles. The Labute approximate surface area is 171 Å². The number of ether oxygens (including phenoxy) is 2. The molecule has 0 unspecified atom stereocenters. The van der Waals surface area contributed by atoms with Crippen molar-refractivity contribution in [2.45, 2.75) is 6.54 Å². The van der Waals surface area contributed by atoms with E-state index in [1.165, 1.54) is 0 Å². The number of hydrogen-bond donors (Lipinski definition) is 0. The lowest BCUT2D eigenvalue weighted by Crippen LogP contribution is -2.26. The number of benzene rings is 3.